The Balaban J connectivity index is 2.82. The van der Waals surface area contributed by atoms with E-state index in [4.69, 9.17) is 10.8 Å². The van der Waals surface area contributed by atoms with Crippen molar-refractivity contribution in [2.75, 3.05) is 0 Å². The first kappa shape index (κ1) is 9.60. The Morgan fingerprint density at radius 3 is 3.00 bits per heavy atom. The summed E-state index contributed by atoms with van der Waals surface area (Å²) in [5, 5.41) is 8.41. The second-order valence-electron chi connectivity index (χ2n) is 2.59. The minimum atomic E-state index is -1.06. The molecule has 0 unspecified atom stereocenters. The van der Waals surface area contributed by atoms with Crippen LogP contribution < -0.4 is 5.73 Å². The van der Waals surface area contributed by atoms with Crippen LogP contribution in [-0.2, 0) is 4.79 Å². The van der Waals surface area contributed by atoms with Crippen molar-refractivity contribution >= 4 is 5.97 Å². The Bertz CT molecular complexity index is 317. The van der Waals surface area contributed by atoms with Gasteiger partial charge in [0.2, 0.25) is 5.95 Å². The normalized spacial score (nSPS) is 12.5. The summed E-state index contributed by atoms with van der Waals surface area (Å²) in [5.41, 5.74) is 5.57. The number of halogens is 1. The molecule has 0 aromatic carbocycles. The fourth-order valence-electron chi connectivity index (χ4n) is 0.973. The van der Waals surface area contributed by atoms with Crippen molar-refractivity contribution in [2.45, 2.75) is 12.5 Å². The number of hydrogen-bond donors (Lipinski definition) is 2. The van der Waals surface area contributed by atoms with Crippen LogP contribution in [0.2, 0.25) is 0 Å². The van der Waals surface area contributed by atoms with E-state index in [1.165, 1.54) is 18.3 Å². The number of pyridine rings is 1. The lowest BCUT2D eigenvalue weighted by Gasteiger charge is -2.08. The highest BCUT2D eigenvalue weighted by atomic mass is 19.1. The average Bonchev–Trinajstić information content (AvgIpc) is 2.03. The Kier molecular flexibility index (Phi) is 2.92. The summed E-state index contributed by atoms with van der Waals surface area (Å²) in [4.78, 5) is 13.6. The summed E-state index contributed by atoms with van der Waals surface area (Å²) < 4.78 is 12.9. The van der Waals surface area contributed by atoms with Crippen LogP contribution in [0.4, 0.5) is 4.39 Å². The molecule has 13 heavy (non-hydrogen) atoms. The number of nitrogens with two attached hydrogens (primary N) is 1. The van der Waals surface area contributed by atoms with Crippen LogP contribution in [0.1, 0.15) is 18.0 Å². The zero-order chi connectivity index (χ0) is 9.84. The summed E-state index contributed by atoms with van der Waals surface area (Å²) in [5.74, 6) is -1.77. The van der Waals surface area contributed by atoms with E-state index in [0.717, 1.165) is 0 Å². The summed E-state index contributed by atoms with van der Waals surface area (Å²) in [7, 11) is 0. The van der Waals surface area contributed by atoms with Crippen molar-refractivity contribution in [3.8, 4) is 0 Å². The van der Waals surface area contributed by atoms with E-state index >= 15 is 0 Å². The number of carboxylic acids is 1. The van der Waals surface area contributed by atoms with Gasteiger partial charge in [0.1, 0.15) is 0 Å². The molecular formula is C8H9FN2O2. The first-order chi connectivity index (χ1) is 6.11. The summed E-state index contributed by atoms with van der Waals surface area (Å²) in [6, 6.07) is 2.10. The molecule has 1 aromatic rings. The molecule has 4 nitrogen and oxygen atoms in total. The zero-order valence-electron chi connectivity index (χ0n) is 6.77. The quantitative estimate of drug-likeness (QED) is 0.678. The van der Waals surface area contributed by atoms with E-state index in [0.29, 0.717) is 0 Å². The number of aliphatic carboxylic acids is 1. The van der Waals surface area contributed by atoms with Crippen LogP contribution >= 0.6 is 0 Å². The van der Waals surface area contributed by atoms with Crippen LogP contribution in [0.5, 0.6) is 0 Å². The third-order valence-electron chi connectivity index (χ3n) is 1.58. The number of carboxylic acid groups (broad SMARTS) is 1. The summed E-state index contributed by atoms with van der Waals surface area (Å²) >= 11 is 0. The molecule has 1 aromatic heterocycles. The first-order valence-electron chi connectivity index (χ1n) is 3.69. The Labute approximate surface area is 74.2 Å². The van der Waals surface area contributed by atoms with Crippen LogP contribution in [0.3, 0.4) is 0 Å². The summed E-state index contributed by atoms with van der Waals surface area (Å²) in [6.45, 7) is 0. The van der Waals surface area contributed by atoms with Gasteiger partial charge in [-0.15, -0.1) is 0 Å². The molecule has 0 amide bonds. The highest BCUT2D eigenvalue weighted by Crippen LogP contribution is 2.15. The van der Waals surface area contributed by atoms with Gasteiger partial charge < -0.3 is 10.8 Å². The van der Waals surface area contributed by atoms with Crippen molar-refractivity contribution in [3.05, 3.63) is 29.8 Å². The van der Waals surface area contributed by atoms with Crippen molar-refractivity contribution in [1.82, 2.24) is 4.98 Å². The van der Waals surface area contributed by atoms with Gasteiger partial charge in [-0.3, -0.25) is 4.79 Å². The molecule has 0 saturated carbocycles. The van der Waals surface area contributed by atoms with Crippen molar-refractivity contribution in [1.29, 1.82) is 0 Å². The third kappa shape index (κ3) is 2.48. The Morgan fingerprint density at radius 1 is 1.77 bits per heavy atom. The topological polar surface area (TPSA) is 76.2 Å². The Morgan fingerprint density at radius 2 is 2.46 bits per heavy atom. The average molecular weight is 184 g/mol. The van der Waals surface area contributed by atoms with Crippen molar-refractivity contribution in [3.63, 3.8) is 0 Å². The summed E-state index contributed by atoms with van der Waals surface area (Å²) in [6.07, 6.45) is 0.981. The lowest BCUT2D eigenvalue weighted by Crippen LogP contribution is -2.16. The van der Waals surface area contributed by atoms with Crippen molar-refractivity contribution < 1.29 is 14.3 Å². The predicted octanol–water partition coefficient (Wildman–Crippen LogP) is 0.695. The van der Waals surface area contributed by atoms with Crippen LogP contribution in [0.15, 0.2) is 18.3 Å². The molecule has 1 heterocycles. The highest BCUT2D eigenvalue weighted by molar-refractivity contribution is 5.67. The van der Waals surface area contributed by atoms with Crippen LogP contribution in [0.25, 0.3) is 0 Å². The lowest BCUT2D eigenvalue weighted by atomic mass is 10.1. The molecule has 0 saturated heterocycles. The van der Waals surface area contributed by atoms with E-state index in [9.17, 15) is 9.18 Å². The number of nitrogens with zero attached hydrogens (tertiary/aromatic N) is 1. The molecule has 70 valence electrons. The van der Waals surface area contributed by atoms with Crippen LogP contribution in [0, 0.1) is 5.95 Å². The van der Waals surface area contributed by atoms with E-state index in [-0.39, 0.29) is 12.0 Å². The van der Waals surface area contributed by atoms with Gasteiger partial charge in [-0.1, -0.05) is 6.07 Å². The van der Waals surface area contributed by atoms with Gasteiger partial charge in [-0.05, 0) is 6.07 Å². The molecule has 0 spiro atoms. The number of hydrogen-bond acceptors (Lipinski definition) is 3. The van der Waals surface area contributed by atoms with Gasteiger partial charge in [-0.25, -0.2) is 4.98 Å². The molecule has 0 bridgehead atoms. The number of aromatic nitrogens is 1. The minimum absolute atomic E-state index is 0.130. The largest absolute Gasteiger partial charge is 0.481 e. The van der Waals surface area contributed by atoms with Gasteiger partial charge in [0.25, 0.3) is 0 Å². The maximum atomic E-state index is 12.9. The molecule has 0 aliphatic heterocycles. The fourth-order valence-corrected chi connectivity index (χ4v) is 0.973. The third-order valence-corrected chi connectivity index (χ3v) is 1.58. The van der Waals surface area contributed by atoms with Gasteiger partial charge in [0, 0.05) is 17.8 Å². The Hall–Kier alpha value is -1.49. The molecule has 1 atom stereocenters. The van der Waals surface area contributed by atoms with E-state index < -0.39 is 18.0 Å². The molecule has 1 rings (SSSR count). The fraction of sp³-hybridized carbons (Fsp3) is 0.250. The molecule has 5 heteroatoms. The number of carbonyl (C=O) groups is 1. The van der Waals surface area contributed by atoms with Crippen molar-refractivity contribution in [2.24, 2.45) is 5.73 Å². The monoisotopic (exact) mass is 184 g/mol. The molecule has 0 fully saturated rings. The first-order valence-corrected chi connectivity index (χ1v) is 3.69. The molecule has 0 radical (unpaired) electrons. The molecule has 3 N–H and O–H groups in total. The molecule has 0 aliphatic carbocycles. The van der Waals surface area contributed by atoms with Gasteiger partial charge in [0.15, 0.2) is 0 Å². The van der Waals surface area contributed by atoms with Gasteiger partial charge >= 0.3 is 5.97 Å². The SMILES string of the molecule is N[C@H](CC(=O)O)c1cccnc1F. The molecular weight excluding hydrogens is 175 g/mol. The lowest BCUT2D eigenvalue weighted by molar-refractivity contribution is -0.137. The predicted molar refractivity (Wildman–Crippen MR) is 43.4 cm³/mol. The maximum Gasteiger partial charge on any atom is 0.305 e. The second-order valence-corrected chi connectivity index (χ2v) is 2.59. The van der Waals surface area contributed by atoms with Crippen LogP contribution in [-0.4, -0.2) is 16.1 Å². The van der Waals surface area contributed by atoms with E-state index in [2.05, 4.69) is 4.98 Å². The number of rotatable bonds is 3. The molecule has 0 aliphatic rings. The minimum Gasteiger partial charge on any atom is -0.481 e. The second kappa shape index (κ2) is 3.95. The standard InChI is InChI=1S/C8H9FN2O2/c9-8-5(2-1-3-11-8)6(10)4-7(12)13/h1-3,6H,4,10H2,(H,12,13)/t6-/m1/s1. The van der Waals surface area contributed by atoms with E-state index in [1.54, 1.807) is 0 Å². The zero-order valence-corrected chi connectivity index (χ0v) is 6.77. The van der Waals surface area contributed by atoms with Gasteiger partial charge in [-0.2, -0.15) is 4.39 Å². The van der Waals surface area contributed by atoms with Gasteiger partial charge in [0.05, 0.1) is 6.42 Å². The van der Waals surface area contributed by atoms with E-state index in [1.807, 2.05) is 0 Å². The highest BCUT2D eigenvalue weighted by Gasteiger charge is 2.14. The smallest absolute Gasteiger partial charge is 0.305 e. The maximum absolute atomic E-state index is 12.9.